The van der Waals surface area contributed by atoms with E-state index in [1.54, 1.807) is 0 Å². The summed E-state index contributed by atoms with van der Waals surface area (Å²) in [5.74, 6) is -2.32. The minimum Gasteiger partial charge on any atom is -0.463 e. The van der Waals surface area contributed by atoms with Crippen molar-refractivity contribution < 1.29 is 38.1 Å². The fourth-order valence-corrected chi connectivity index (χ4v) is 3.52. The predicted molar refractivity (Wildman–Crippen MR) is 109 cm³/mol. The quantitative estimate of drug-likeness (QED) is 0.350. The largest absolute Gasteiger partial charge is 0.463 e. The van der Waals surface area contributed by atoms with Gasteiger partial charge in [-0.2, -0.15) is 0 Å². The first-order valence-electron chi connectivity index (χ1n) is 9.45. The van der Waals surface area contributed by atoms with Gasteiger partial charge in [0.05, 0.1) is 6.33 Å². The average Bonchev–Trinajstić information content (AvgIpc) is 3.18. The maximum absolute atomic E-state index is 11.9. The minimum atomic E-state index is -1.17. The number of hydrogen-bond acceptors (Lipinski definition) is 11. The molecular weight excluding hydrogens is 446 g/mol. The van der Waals surface area contributed by atoms with Gasteiger partial charge in [-0.05, 0) is 0 Å². The molecule has 3 heterocycles. The maximum atomic E-state index is 11.9. The van der Waals surface area contributed by atoms with E-state index in [4.69, 9.17) is 31.2 Å². The van der Waals surface area contributed by atoms with Crippen LogP contribution < -0.4 is 5.32 Å². The maximum Gasteiger partial charge on any atom is 0.303 e. The van der Waals surface area contributed by atoms with Gasteiger partial charge in [0.2, 0.25) is 11.9 Å². The van der Waals surface area contributed by atoms with Crippen LogP contribution in [0.2, 0.25) is 0 Å². The molecule has 4 atom stereocenters. The second-order valence-corrected chi connectivity index (χ2v) is 7.29. The monoisotopic (exact) mass is 467 g/mol. The highest BCUT2D eigenvalue weighted by Crippen LogP contribution is 2.38. The van der Waals surface area contributed by atoms with E-state index in [-0.39, 0.29) is 22.7 Å². The number of aromatic nitrogens is 4. The smallest absolute Gasteiger partial charge is 0.303 e. The van der Waals surface area contributed by atoms with Gasteiger partial charge >= 0.3 is 17.9 Å². The predicted octanol–water partition coefficient (Wildman–Crippen LogP) is 0.771. The number of fused-ring (bicyclic) bond motifs is 1. The number of hydrogen-bond donors (Lipinski definition) is 2. The average molecular weight is 467 g/mol. The van der Waals surface area contributed by atoms with Gasteiger partial charge in [0.25, 0.3) is 0 Å². The first kappa shape index (κ1) is 23.3. The van der Waals surface area contributed by atoms with Gasteiger partial charge in [-0.25, -0.2) is 9.97 Å². The summed E-state index contributed by atoms with van der Waals surface area (Å²) in [7, 11) is 0. The van der Waals surface area contributed by atoms with E-state index in [2.05, 4.69) is 20.3 Å². The van der Waals surface area contributed by atoms with Crippen LogP contribution in [-0.4, -0.2) is 68.3 Å². The van der Waals surface area contributed by atoms with Gasteiger partial charge in [0.1, 0.15) is 23.9 Å². The molecular formula is C18H21N5O8S. The van der Waals surface area contributed by atoms with Crippen LogP contribution in [0.3, 0.4) is 0 Å². The molecule has 0 bridgehead atoms. The Morgan fingerprint density at radius 1 is 1.12 bits per heavy atom. The number of nitrogens with one attached hydrogen (secondary N) is 2. The van der Waals surface area contributed by atoms with Gasteiger partial charge in [-0.15, -0.1) is 0 Å². The highest BCUT2D eigenvalue weighted by Gasteiger charge is 2.51. The zero-order valence-corrected chi connectivity index (χ0v) is 18.4. The Hall–Kier alpha value is -3.39. The zero-order chi connectivity index (χ0) is 23.6. The van der Waals surface area contributed by atoms with Crippen LogP contribution in [0.15, 0.2) is 6.33 Å². The van der Waals surface area contributed by atoms with Crippen LogP contribution in [0.4, 0.5) is 5.95 Å². The normalized spacial score (nSPS) is 22.4. The van der Waals surface area contributed by atoms with Crippen molar-refractivity contribution in [2.24, 2.45) is 0 Å². The number of esters is 3. The molecule has 14 heteroatoms. The van der Waals surface area contributed by atoms with Crippen molar-refractivity contribution in [1.82, 2.24) is 19.5 Å². The van der Waals surface area contributed by atoms with Crippen molar-refractivity contribution in [2.45, 2.75) is 52.2 Å². The van der Waals surface area contributed by atoms with E-state index in [1.807, 2.05) is 0 Å². The molecule has 0 saturated carbocycles. The molecule has 1 aliphatic heterocycles. The molecule has 1 aliphatic rings. The van der Waals surface area contributed by atoms with Crippen molar-refractivity contribution in [3.63, 3.8) is 0 Å². The number of nitrogens with zero attached hydrogens (tertiary/aromatic N) is 3. The molecule has 0 aliphatic carbocycles. The van der Waals surface area contributed by atoms with E-state index in [9.17, 15) is 19.2 Å². The van der Waals surface area contributed by atoms with E-state index in [0.29, 0.717) is 5.65 Å². The molecule has 2 aromatic rings. The lowest BCUT2D eigenvalue weighted by molar-refractivity contribution is -0.166. The highest BCUT2D eigenvalue weighted by molar-refractivity contribution is 7.71. The third kappa shape index (κ3) is 4.91. The number of anilines is 1. The third-order valence-corrected chi connectivity index (χ3v) is 4.68. The number of aromatic amines is 1. The molecule has 32 heavy (non-hydrogen) atoms. The molecule has 0 spiro atoms. The first-order chi connectivity index (χ1) is 15.1. The molecule has 13 nitrogen and oxygen atoms in total. The fraction of sp³-hybridized carbons (Fsp3) is 0.500. The summed E-state index contributed by atoms with van der Waals surface area (Å²) in [5, 5.41) is 2.57. The van der Waals surface area contributed by atoms with Crippen molar-refractivity contribution in [2.75, 3.05) is 11.9 Å². The summed E-state index contributed by atoms with van der Waals surface area (Å²) < 4.78 is 23.4. The molecule has 1 saturated heterocycles. The van der Waals surface area contributed by atoms with Gasteiger partial charge in [-0.1, -0.05) is 12.2 Å². The van der Waals surface area contributed by atoms with E-state index < -0.39 is 48.4 Å². The summed E-state index contributed by atoms with van der Waals surface area (Å²) in [6.45, 7) is 4.58. The lowest BCUT2D eigenvalue weighted by Crippen LogP contribution is -2.40. The van der Waals surface area contributed by atoms with E-state index >= 15 is 0 Å². The van der Waals surface area contributed by atoms with Crippen LogP contribution in [-0.2, 0) is 38.1 Å². The van der Waals surface area contributed by atoms with Crippen LogP contribution in [0.25, 0.3) is 11.2 Å². The van der Waals surface area contributed by atoms with Crippen molar-refractivity contribution in [3.05, 3.63) is 11.0 Å². The zero-order valence-electron chi connectivity index (χ0n) is 17.6. The van der Waals surface area contributed by atoms with Crippen molar-refractivity contribution >= 4 is 53.1 Å². The van der Waals surface area contributed by atoms with Crippen molar-refractivity contribution in [3.8, 4) is 0 Å². The lowest BCUT2D eigenvalue weighted by Gasteiger charge is -2.24. The number of ether oxygens (including phenoxy) is 4. The highest BCUT2D eigenvalue weighted by atomic mass is 32.1. The molecule has 1 amide bonds. The molecule has 0 radical (unpaired) electrons. The van der Waals surface area contributed by atoms with E-state index in [1.165, 1.54) is 38.6 Å². The lowest BCUT2D eigenvalue weighted by atomic mass is 10.1. The molecule has 2 aromatic heterocycles. The van der Waals surface area contributed by atoms with Crippen LogP contribution in [0.5, 0.6) is 0 Å². The molecule has 1 fully saturated rings. The standard InChI is InChI=1S/C18H21N5O8S/c1-7(24)21-18-22-12-15(19-6-20-16(12)32)23(18)17-14(30-10(4)27)13(29-9(3)26)11(31-17)5-28-8(2)25/h6,11,13-14,17H,5H2,1-4H3,(H,19,20,32)(H,21,22,24). The molecule has 2 N–H and O–H groups in total. The molecule has 0 aromatic carbocycles. The Kier molecular flexibility index (Phi) is 6.84. The first-order valence-corrected chi connectivity index (χ1v) is 9.85. The second-order valence-electron chi connectivity index (χ2n) is 6.91. The SMILES string of the molecule is CC(=O)Nc1nc2c(=S)nc[nH]c2n1C1OC(COC(C)=O)C(OC(C)=O)C1OC(C)=O. The Bertz CT molecular complexity index is 1130. The second kappa shape index (κ2) is 9.40. The number of imidazole rings is 1. The molecule has 4 unspecified atom stereocenters. The summed E-state index contributed by atoms with van der Waals surface area (Å²) in [4.78, 5) is 57.9. The number of H-pyrrole nitrogens is 1. The molecule has 3 rings (SSSR count). The van der Waals surface area contributed by atoms with Gasteiger partial charge < -0.3 is 23.9 Å². The fourth-order valence-electron chi connectivity index (χ4n) is 3.33. The van der Waals surface area contributed by atoms with Crippen LogP contribution >= 0.6 is 12.2 Å². The summed E-state index contributed by atoms with van der Waals surface area (Å²) in [6, 6.07) is 0. The summed E-state index contributed by atoms with van der Waals surface area (Å²) in [6.07, 6.45) is -3.07. The minimum absolute atomic E-state index is 0.0275. The number of amides is 1. The number of rotatable bonds is 6. The van der Waals surface area contributed by atoms with Crippen LogP contribution in [0, 0.1) is 4.64 Å². The van der Waals surface area contributed by atoms with Crippen molar-refractivity contribution in [1.29, 1.82) is 0 Å². The molecule has 172 valence electrons. The van der Waals surface area contributed by atoms with Crippen LogP contribution in [0.1, 0.15) is 33.9 Å². The van der Waals surface area contributed by atoms with Gasteiger partial charge in [-0.3, -0.25) is 29.1 Å². The summed E-state index contributed by atoms with van der Waals surface area (Å²) in [5.41, 5.74) is 0.564. The van der Waals surface area contributed by atoms with E-state index in [0.717, 1.165) is 0 Å². The topological polar surface area (TPSA) is 164 Å². The number of carbonyl (C=O) groups excluding carboxylic acids is 4. The Morgan fingerprint density at radius 2 is 1.78 bits per heavy atom. The Labute approximate surface area is 186 Å². The Morgan fingerprint density at radius 3 is 2.38 bits per heavy atom. The van der Waals surface area contributed by atoms with Gasteiger partial charge in [0, 0.05) is 27.7 Å². The third-order valence-electron chi connectivity index (χ3n) is 4.38. The number of carbonyl (C=O) groups is 4. The van der Waals surface area contributed by atoms with Gasteiger partial charge in [0.15, 0.2) is 23.1 Å². The Balaban J connectivity index is 2.15. The summed E-state index contributed by atoms with van der Waals surface area (Å²) >= 11 is 5.22.